The first-order valence-electron chi connectivity index (χ1n) is 1.16. The van der Waals surface area contributed by atoms with Crippen LogP contribution in [-0.2, 0) is 9.01 Å². The molecule has 0 amide bonds. The quantitative estimate of drug-likeness (QED) is 0.419. The van der Waals surface area contributed by atoms with E-state index in [9.17, 15) is 12.7 Å². The molecule has 0 saturated heterocycles. The summed E-state index contributed by atoms with van der Waals surface area (Å²) in [5.74, 6) is 0. The number of halogens is 3. The van der Waals surface area contributed by atoms with Crippen molar-refractivity contribution < 1.29 is 21.7 Å². The average molecular weight is 131 g/mol. The highest BCUT2D eigenvalue weighted by Gasteiger charge is 2.20. The van der Waals surface area contributed by atoms with Crippen molar-refractivity contribution in [1.29, 1.82) is 0 Å². The van der Waals surface area contributed by atoms with Crippen LogP contribution in [0.4, 0.5) is 12.7 Å². The molecule has 0 aliphatic heterocycles. The Hall–Kier alpha value is 0.0449. The number of hydrogen-bond donors (Lipinski definition) is 0. The van der Waals surface area contributed by atoms with Crippen molar-refractivity contribution in [1.82, 2.24) is 0 Å². The lowest BCUT2D eigenvalue weighted by Gasteiger charge is -1.88. The minimum Gasteiger partial charge on any atom is -0.309 e. The van der Waals surface area contributed by atoms with Crippen LogP contribution in [0.2, 0.25) is 0 Å². The topological polar surface area (TPSA) is 26.3 Å². The SMILES string of the molecule is O=P(F)(F)O[B]F. The summed E-state index contributed by atoms with van der Waals surface area (Å²) >= 11 is 0. The monoisotopic (exact) mass is 131 g/mol. The van der Waals surface area contributed by atoms with Crippen molar-refractivity contribution in [3.63, 3.8) is 0 Å². The summed E-state index contributed by atoms with van der Waals surface area (Å²) in [5.41, 5.74) is 0. The summed E-state index contributed by atoms with van der Waals surface area (Å²) in [5, 5.41) is 0. The molecule has 7 heteroatoms. The van der Waals surface area contributed by atoms with Gasteiger partial charge in [0.15, 0.2) is 0 Å². The second kappa shape index (κ2) is 2.38. The molecule has 0 rings (SSSR count). The summed E-state index contributed by atoms with van der Waals surface area (Å²) in [6, 6.07) is 0. The van der Waals surface area contributed by atoms with E-state index >= 15 is 0 Å². The van der Waals surface area contributed by atoms with Gasteiger partial charge in [0.25, 0.3) is 0 Å². The Morgan fingerprint density at radius 2 is 2.00 bits per heavy atom. The van der Waals surface area contributed by atoms with E-state index in [1.807, 2.05) is 0 Å². The summed E-state index contributed by atoms with van der Waals surface area (Å²) in [6.45, 7) is 0. The third-order valence-corrected chi connectivity index (χ3v) is 0.488. The second-order valence-electron chi connectivity index (χ2n) is 0.609. The van der Waals surface area contributed by atoms with Gasteiger partial charge in [-0.1, -0.05) is 0 Å². The molecule has 2 nitrogen and oxygen atoms in total. The lowest BCUT2D eigenvalue weighted by molar-refractivity contribution is 0.380. The van der Waals surface area contributed by atoms with Crippen LogP contribution in [0.5, 0.6) is 0 Å². The van der Waals surface area contributed by atoms with Gasteiger partial charge in [-0.2, -0.15) is 0 Å². The Balaban J connectivity index is 3.36. The molecule has 0 atom stereocenters. The third kappa shape index (κ3) is 6.04. The molecule has 0 spiro atoms. The van der Waals surface area contributed by atoms with E-state index in [2.05, 4.69) is 4.44 Å². The molecule has 0 aliphatic carbocycles. The molecule has 0 aromatic carbocycles. The molecule has 0 aliphatic rings. The van der Waals surface area contributed by atoms with Gasteiger partial charge in [-0.15, -0.1) is 8.39 Å². The summed E-state index contributed by atoms with van der Waals surface area (Å²) < 4.78 is 43.7. The third-order valence-electron chi connectivity index (χ3n) is 0.163. The molecule has 0 unspecified atom stereocenters. The van der Waals surface area contributed by atoms with Gasteiger partial charge < -0.3 is 4.44 Å². The van der Waals surface area contributed by atoms with Crippen molar-refractivity contribution in [3.8, 4) is 0 Å². The van der Waals surface area contributed by atoms with Crippen LogP contribution in [0.15, 0.2) is 0 Å². The molecular formula is BF3O2P. The smallest absolute Gasteiger partial charge is 0.309 e. The average Bonchev–Trinajstić information content (AvgIpc) is 1.30. The van der Waals surface area contributed by atoms with Crippen LogP contribution in [0.3, 0.4) is 0 Å². The van der Waals surface area contributed by atoms with Gasteiger partial charge in [0.2, 0.25) is 0 Å². The largest absolute Gasteiger partial charge is 0.544 e. The maximum Gasteiger partial charge on any atom is 0.544 e. The fourth-order valence-corrected chi connectivity index (χ4v) is 0.139. The van der Waals surface area contributed by atoms with Gasteiger partial charge in [-0.05, 0) is 0 Å². The van der Waals surface area contributed by atoms with Gasteiger partial charge in [0, 0.05) is 0 Å². The molecule has 0 aromatic rings. The van der Waals surface area contributed by atoms with Gasteiger partial charge in [-0.3, -0.25) is 4.32 Å². The normalized spacial score (nSPS) is 11.3. The van der Waals surface area contributed by atoms with Gasteiger partial charge in [0.05, 0.1) is 0 Å². The highest BCUT2D eigenvalue weighted by Crippen LogP contribution is 2.49. The molecule has 0 saturated carbocycles. The molecule has 1 radical (unpaired) electrons. The van der Waals surface area contributed by atoms with Gasteiger partial charge >= 0.3 is 15.7 Å². The van der Waals surface area contributed by atoms with Crippen LogP contribution in [0.1, 0.15) is 0 Å². The lowest BCUT2D eigenvalue weighted by atomic mass is 10.5. The Morgan fingerprint density at radius 1 is 1.57 bits per heavy atom. The summed E-state index contributed by atoms with van der Waals surface area (Å²) in [4.78, 5) is 0. The summed E-state index contributed by atoms with van der Waals surface area (Å²) in [6.07, 6.45) is 0. The zero-order valence-corrected chi connectivity index (χ0v) is 3.87. The first-order chi connectivity index (χ1) is 3.06. The number of hydrogen-bond acceptors (Lipinski definition) is 2. The Labute approximate surface area is 38.7 Å². The molecular weight excluding hydrogens is 131 g/mol. The van der Waals surface area contributed by atoms with Crippen molar-refractivity contribution >= 4 is 15.7 Å². The molecule has 7 heavy (non-hydrogen) atoms. The van der Waals surface area contributed by atoms with E-state index in [0.717, 1.165) is 0 Å². The predicted molar refractivity (Wildman–Crippen MR) is 17.8 cm³/mol. The van der Waals surface area contributed by atoms with E-state index in [0.29, 0.717) is 0 Å². The molecule has 0 aromatic heterocycles. The fourth-order valence-electron chi connectivity index (χ4n) is 0.0464. The first-order valence-corrected chi connectivity index (χ1v) is 2.56. The lowest BCUT2D eigenvalue weighted by Crippen LogP contribution is -1.79. The first kappa shape index (κ1) is 7.04. The van der Waals surface area contributed by atoms with Gasteiger partial charge in [-0.25, -0.2) is 4.57 Å². The van der Waals surface area contributed by atoms with Crippen LogP contribution in [-0.4, -0.2) is 7.76 Å². The van der Waals surface area contributed by atoms with Crippen LogP contribution in [0.25, 0.3) is 0 Å². The minimum atomic E-state index is -5.60. The van der Waals surface area contributed by atoms with E-state index in [4.69, 9.17) is 4.57 Å². The van der Waals surface area contributed by atoms with Gasteiger partial charge in [0.1, 0.15) is 0 Å². The predicted octanol–water partition coefficient (Wildman–Crippen LogP) is 1.55. The maximum absolute atomic E-state index is 10.8. The van der Waals surface area contributed by atoms with E-state index in [1.54, 1.807) is 0 Å². The fraction of sp³-hybridized carbons (Fsp3) is 0. The molecule has 0 fully saturated rings. The summed E-state index contributed by atoms with van der Waals surface area (Å²) in [7, 11) is -6.40. The van der Waals surface area contributed by atoms with E-state index < -0.39 is 15.7 Å². The highest BCUT2D eigenvalue weighted by molar-refractivity contribution is 7.48. The molecule has 0 N–H and O–H groups in total. The molecule has 0 bridgehead atoms. The Morgan fingerprint density at radius 3 is 2.00 bits per heavy atom. The Bertz CT molecular complexity index is 86.9. The van der Waals surface area contributed by atoms with Crippen LogP contribution < -0.4 is 0 Å². The zero-order valence-electron chi connectivity index (χ0n) is 2.97. The zero-order chi connectivity index (χ0) is 5.91. The highest BCUT2D eigenvalue weighted by atomic mass is 31.2. The van der Waals surface area contributed by atoms with Crippen molar-refractivity contribution in [2.75, 3.05) is 0 Å². The van der Waals surface area contributed by atoms with Crippen molar-refractivity contribution in [2.45, 2.75) is 0 Å². The standard InChI is InChI=1S/BF3O2P/c2-1-6-7(3,4)5. The molecule has 41 valence electrons. The number of rotatable bonds is 2. The van der Waals surface area contributed by atoms with E-state index in [-0.39, 0.29) is 0 Å². The van der Waals surface area contributed by atoms with Crippen molar-refractivity contribution in [2.24, 2.45) is 0 Å². The van der Waals surface area contributed by atoms with Crippen LogP contribution in [0, 0.1) is 0 Å². The van der Waals surface area contributed by atoms with E-state index in [1.165, 1.54) is 0 Å². The minimum absolute atomic E-state index is 0.805. The van der Waals surface area contributed by atoms with Crippen LogP contribution >= 0.6 is 7.99 Å². The maximum atomic E-state index is 10.8. The van der Waals surface area contributed by atoms with Crippen molar-refractivity contribution in [3.05, 3.63) is 0 Å². The Kier molecular flexibility index (Phi) is 2.39. The molecule has 0 heterocycles. The second-order valence-corrected chi connectivity index (χ2v) is 1.65.